The van der Waals surface area contributed by atoms with Gasteiger partial charge in [0, 0.05) is 17.2 Å². The molecule has 5 heteroatoms. The van der Waals surface area contributed by atoms with Crippen LogP contribution >= 0.6 is 15.9 Å². The molecule has 0 aliphatic carbocycles. The largest absolute Gasteiger partial charge is 0.310 e. The van der Waals surface area contributed by atoms with Gasteiger partial charge in [-0.25, -0.2) is 4.98 Å². The van der Waals surface area contributed by atoms with Crippen molar-refractivity contribution in [3.8, 4) is 0 Å². The van der Waals surface area contributed by atoms with E-state index in [9.17, 15) is 4.79 Å². The fourth-order valence-corrected chi connectivity index (χ4v) is 1.30. The van der Waals surface area contributed by atoms with Gasteiger partial charge in [-0.3, -0.25) is 4.79 Å². The Labute approximate surface area is 103 Å². The first-order valence-corrected chi connectivity index (χ1v) is 5.66. The van der Waals surface area contributed by atoms with Crippen LogP contribution in [0.5, 0.6) is 0 Å². The molecule has 0 aromatic carbocycles. The van der Waals surface area contributed by atoms with Gasteiger partial charge in [0.2, 0.25) is 5.91 Å². The number of anilines is 1. The smallest absolute Gasteiger partial charge is 0.239 e. The molecule has 0 saturated carbocycles. The molecule has 0 aliphatic heterocycles. The molecule has 1 aromatic rings. The van der Waals surface area contributed by atoms with Crippen molar-refractivity contribution in [3.05, 3.63) is 35.0 Å². The Morgan fingerprint density at radius 1 is 1.69 bits per heavy atom. The van der Waals surface area contributed by atoms with Gasteiger partial charge in [-0.1, -0.05) is 6.08 Å². The van der Waals surface area contributed by atoms with Crippen LogP contribution in [0.15, 0.2) is 29.4 Å². The number of carbonyl (C=O) groups excluding carboxylic acids is 1. The fourth-order valence-electron chi connectivity index (χ4n) is 1.08. The fraction of sp³-hybridized carbons (Fsp3) is 0.273. The van der Waals surface area contributed by atoms with Gasteiger partial charge < -0.3 is 10.6 Å². The van der Waals surface area contributed by atoms with Crippen LogP contribution in [0.1, 0.15) is 5.56 Å². The standard InChI is InChI=1S/C11H14BrN3O/c1-3-4-13-7-11(16)15-10-5-8(2)9(12)6-14-10/h3,5-6,13H,1,4,7H2,2H3,(H,14,15,16). The lowest BCUT2D eigenvalue weighted by Gasteiger charge is -2.06. The minimum atomic E-state index is -0.115. The van der Waals surface area contributed by atoms with E-state index in [2.05, 4.69) is 38.1 Å². The molecule has 0 unspecified atom stereocenters. The third kappa shape index (κ3) is 4.12. The molecule has 0 spiro atoms. The summed E-state index contributed by atoms with van der Waals surface area (Å²) in [5.41, 5.74) is 1.03. The molecule has 4 nitrogen and oxygen atoms in total. The van der Waals surface area contributed by atoms with E-state index in [0.717, 1.165) is 10.0 Å². The number of amides is 1. The van der Waals surface area contributed by atoms with Crippen molar-refractivity contribution in [1.82, 2.24) is 10.3 Å². The molecule has 0 fully saturated rings. The minimum Gasteiger partial charge on any atom is -0.310 e. The molecule has 16 heavy (non-hydrogen) atoms. The van der Waals surface area contributed by atoms with Gasteiger partial charge in [0.15, 0.2) is 0 Å². The van der Waals surface area contributed by atoms with E-state index in [4.69, 9.17) is 0 Å². The van der Waals surface area contributed by atoms with Crippen LogP contribution in [0.3, 0.4) is 0 Å². The first-order chi connectivity index (χ1) is 7.63. The van der Waals surface area contributed by atoms with Crippen molar-refractivity contribution in [3.63, 3.8) is 0 Å². The molecule has 1 aromatic heterocycles. The summed E-state index contributed by atoms with van der Waals surface area (Å²) in [7, 11) is 0. The Balaban J connectivity index is 2.49. The highest BCUT2D eigenvalue weighted by atomic mass is 79.9. The molecule has 0 bridgehead atoms. The van der Waals surface area contributed by atoms with Gasteiger partial charge in [-0.05, 0) is 34.5 Å². The first-order valence-electron chi connectivity index (χ1n) is 4.87. The quantitative estimate of drug-likeness (QED) is 0.641. The van der Waals surface area contributed by atoms with Crippen LogP contribution in [0.4, 0.5) is 5.82 Å². The zero-order valence-corrected chi connectivity index (χ0v) is 10.7. The van der Waals surface area contributed by atoms with E-state index in [-0.39, 0.29) is 12.5 Å². The van der Waals surface area contributed by atoms with Gasteiger partial charge in [0.25, 0.3) is 0 Å². The zero-order valence-electron chi connectivity index (χ0n) is 9.09. The van der Waals surface area contributed by atoms with E-state index >= 15 is 0 Å². The van der Waals surface area contributed by atoms with E-state index in [1.54, 1.807) is 12.3 Å². The monoisotopic (exact) mass is 283 g/mol. The predicted octanol–water partition coefficient (Wildman–Crippen LogP) is 1.87. The number of carbonyl (C=O) groups is 1. The van der Waals surface area contributed by atoms with Gasteiger partial charge >= 0.3 is 0 Å². The van der Waals surface area contributed by atoms with Crippen molar-refractivity contribution in [2.75, 3.05) is 18.4 Å². The molecule has 2 N–H and O–H groups in total. The number of aromatic nitrogens is 1. The summed E-state index contributed by atoms with van der Waals surface area (Å²) in [6.07, 6.45) is 3.37. The highest BCUT2D eigenvalue weighted by Crippen LogP contribution is 2.16. The summed E-state index contributed by atoms with van der Waals surface area (Å²) in [5.74, 6) is 0.446. The van der Waals surface area contributed by atoms with Crippen molar-refractivity contribution in [2.24, 2.45) is 0 Å². The number of pyridine rings is 1. The topological polar surface area (TPSA) is 54.0 Å². The van der Waals surface area contributed by atoms with Crippen LogP contribution in [0, 0.1) is 6.92 Å². The second kappa shape index (κ2) is 6.40. The van der Waals surface area contributed by atoms with Crippen molar-refractivity contribution >= 4 is 27.7 Å². The van der Waals surface area contributed by atoms with Crippen molar-refractivity contribution in [1.29, 1.82) is 0 Å². The predicted molar refractivity (Wildman–Crippen MR) is 68.4 cm³/mol. The molecule has 0 atom stereocenters. The maximum Gasteiger partial charge on any atom is 0.239 e. The summed E-state index contributed by atoms with van der Waals surface area (Å²) in [4.78, 5) is 15.5. The minimum absolute atomic E-state index is 0.115. The molecular weight excluding hydrogens is 270 g/mol. The molecule has 0 saturated heterocycles. The number of nitrogens with zero attached hydrogens (tertiary/aromatic N) is 1. The maximum absolute atomic E-state index is 11.4. The Morgan fingerprint density at radius 2 is 2.44 bits per heavy atom. The van der Waals surface area contributed by atoms with Crippen LogP contribution in [0.2, 0.25) is 0 Å². The molecular formula is C11H14BrN3O. The summed E-state index contributed by atoms with van der Waals surface area (Å²) in [5, 5.41) is 5.62. The molecule has 86 valence electrons. The Bertz CT molecular complexity index is 393. The van der Waals surface area contributed by atoms with E-state index < -0.39 is 0 Å². The zero-order chi connectivity index (χ0) is 12.0. The number of hydrogen-bond acceptors (Lipinski definition) is 3. The van der Waals surface area contributed by atoms with Gasteiger partial charge in [-0.2, -0.15) is 0 Å². The molecule has 1 rings (SSSR count). The average Bonchev–Trinajstić information content (AvgIpc) is 2.24. The summed E-state index contributed by atoms with van der Waals surface area (Å²) in [6, 6.07) is 1.81. The van der Waals surface area contributed by atoms with Crippen molar-refractivity contribution in [2.45, 2.75) is 6.92 Å². The Morgan fingerprint density at radius 3 is 3.06 bits per heavy atom. The second-order valence-corrected chi connectivity index (χ2v) is 4.14. The van der Waals surface area contributed by atoms with E-state index in [1.165, 1.54) is 0 Å². The van der Waals surface area contributed by atoms with E-state index in [0.29, 0.717) is 12.4 Å². The Kier molecular flexibility index (Phi) is 5.14. The van der Waals surface area contributed by atoms with Gasteiger partial charge in [-0.15, -0.1) is 6.58 Å². The summed E-state index contributed by atoms with van der Waals surface area (Å²) >= 11 is 3.35. The highest BCUT2D eigenvalue weighted by molar-refractivity contribution is 9.10. The molecule has 1 heterocycles. The lowest BCUT2D eigenvalue weighted by molar-refractivity contribution is -0.115. The van der Waals surface area contributed by atoms with E-state index in [1.807, 2.05) is 13.0 Å². The third-order valence-corrected chi connectivity index (χ3v) is 2.72. The van der Waals surface area contributed by atoms with Crippen molar-refractivity contribution < 1.29 is 4.79 Å². The van der Waals surface area contributed by atoms with Crippen LogP contribution < -0.4 is 10.6 Å². The van der Waals surface area contributed by atoms with Gasteiger partial charge in [0.05, 0.1) is 6.54 Å². The highest BCUT2D eigenvalue weighted by Gasteiger charge is 2.03. The van der Waals surface area contributed by atoms with Crippen LogP contribution in [-0.4, -0.2) is 24.0 Å². The number of hydrogen-bond donors (Lipinski definition) is 2. The maximum atomic E-state index is 11.4. The summed E-state index contributed by atoms with van der Waals surface area (Å²) in [6.45, 7) is 6.36. The molecule has 1 amide bonds. The van der Waals surface area contributed by atoms with Crippen LogP contribution in [0.25, 0.3) is 0 Å². The number of nitrogens with one attached hydrogen (secondary N) is 2. The average molecular weight is 284 g/mol. The molecule has 0 aliphatic rings. The second-order valence-electron chi connectivity index (χ2n) is 3.29. The number of rotatable bonds is 5. The number of halogens is 1. The number of aryl methyl sites for hydroxylation is 1. The Hall–Kier alpha value is -1.20. The third-order valence-electron chi connectivity index (χ3n) is 1.89. The first kappa shape index (κ1) is 12.9. The lowest BCUT2D eigenvalue weighted by Crippen LogP contribution is -2.28. The summed E-state index contributed by atoms with van der Waals surface area (Å²) < 4.78 is 0.926. The lowest BCUT2D eigenvalue weighted by atomic mass is 10.3. The van der Waals surface area contributed by atoms with Gasteiger partial charge in [0.1, 0.15) is 5.82 Å². The SMILES string of the molecule is C=CCNCC(=O)Nc1cc(C)c(Br)cn1. The van der Waals surface area contributed by atoms with Crippen LogP contribution in [-0.2, 0) is 4.79 Å². The molecule has 0 radical (unpaired) electrons. The normalized spacial score (nSPS) is 9.88.